The van der Waals surface area contributed by atoms with Gasteiger partial charge < -0.3 is 9.67 Å². The summed E-state index contributed by atoms with van der Waals surface area (Å²) in [5, 5.41) is 8.94. The third-order valence-corrected chi connectivity index (χ3v) is 2.78. The summed E-state index contributed by atoms with van der Waals surface area (Å²) in [4.78, 5) is 15.2. The first-order chi connectivity index (χ1) is 8.58. The maximum absolute atomic E-state index is 10.9. The number of aromatic nitrogens is 1. The van der Waals surface area contributed by atoms with Crippen LogP contribution < -0.4 is 0 Å². The summed E-state index contributed by atoms with van der Waals surface area (Å²) in [6, 6.07) is 8.80. The number of hydrogen-bond donors (Lipinski definition) is 1. The number of carbonyl (C=O) groups is 1. The Morgan fingerprint density at radius 1 is 1.39 bits per heavy atom. The van der Waals surface area contributed by atoms with Crippen molar-refractivity contribution in [1.29, 1.82) is 0 Å². The van der Waals surface area contributed by atoms with Crippen LogP contribution in [0.1, 0.15) is 21.6 Å². The molecule has 0 bridgehead atoms. The number of benzene rings is 1. The van der Waals surface area contributed by atoms with Gasteiger partial charge in [-0.25, -0.2) is 4.79 Å². The number of aromatic carboxylic acids is 1. The standard InChI is InChI=1S/C14H14N2O2/c1-10-5-6-11(14(17)18)8-13(10)15-9-12-4-3-7-16(12)2/h3-9H,1-2H3,(H,17,18). The maximum atomic E-state index is 10.9. The van der Waals surface area contributed by atoms with Gasteiger partial charge in [-0.2, -0.15) is 0 Å². The molecular formula is C14H14N2O2. The fourth-order valence-electron chi connectivity index (χ4n) is 1.63. The first-order valence-corrected chi connectivity index (χ1v) is 5.57. The molecule has 1 aromatic heterocycles. The molecule has 0 fully saturated rings. The lowest BCUT2D eigenvalue weighted by atomic mass is 10.1. The number of nitrogens with zero attached hydrogens (tertiary/aromatic N) is 2. The van der Waals surface area contributed by atoms with Crippen molar-refractivity contribution in [1.82, 2.24) is 4.57 Å². The van der Waals surface area contributed by atoms with Gasteiger partial charge in [-0.1, -0.05) is 6.07 Å². The van der Waals surface area contributed by atoms with Crippen LogP contribution in [-0.2, 0) is 7.05 Å². The van der Waals surface area contributed by atoms with Crippen molar-refractivity contribution in [3.63, 3.8) is 0 Å². The van der Waals surface area contributed by atoms with Gasteiger partial charge in [0.15, 0.2) is 0 Å². The van der Waals surface area contributed by atoms with Crippen LogP contribution in [0.4, 0.5) is 5.69 Å². The van der Waals surface area contributed by atoms with Crippen LogP contribution in [0, 0.1) is 6.92 Å². The molecule has 4 nitrogen and oxygen atoms in total. The van der Waals surface area contributed by atoms with Crippen molar-refractivity contribution >= 4 is 17.9 Å². The van der Waals surface area contributed by atoms with Gasteiger partial charge in [-0.15, -0.1) is 0 Å². The van der Waals surface area contributed by atoms with E-state index >= 15 is 0 Å². The molecule has 1 heterocycles. The van der Waals surface area contributed by atoms with Gasteiger partial charge >= 0.3 is 5.97 Å². The molecule has 0 aliphatic rings. The van der Waals surface area contributed by atoms with Crippen LogP contribution in [0.2, 0.25) is 0 Å². The van der Waals surface area contributed by atoms with Gasteiger partial charge in [0.25, 0.3) is 0 Å². The van der Waals surface area contributed by atoms with Gasteiger partial charge in [-0.3, -0.25) is 4.99 Å². The van der Waals surface area contributed by atoms with Crippen molar-refractivity contribution in [2.24, 2.45) is 12.0 Å². The Kier molecular flexibility index (Phi) is 3.28. The summed E-state index contributed by atoms with van der Waals surface area (Å²) >= 11 is 0. The van der Waals surface area contributed by atoms with Crippen molar-refractivity contribution < 1.29 is 9.90 Å². The van der Waals surface area contributed by atoms with Crippen LogP contribution in [0.5, 0.6) is 0 Å². The monoisotopic (exact) mass is 242 g/mol. The zero-order chi connectivity index (χ0) is 13.1. The molecule has 1 aromatic carbocycles. The number of carboxylic acids is 1. The molecule has 92 valence electrons. The molecule has 0 radical (unpaired) electrons. The van der Waals surface area contributed by atoms with E-state index in [1.165, 1.54) is 0 Å². The van der Waals surface area contributed by atoms with Crippen LogP contribution in [-0.4, -0.2) is 21.9 Å². The minimum atomic E-state index is -0.940. The van der Waals surface area contributed by atoms with Crippen molar-refractivity contribution in [2.45, 2.75) is 6.92 Å². The average Bonchev–Trinajstić information content (AvgIpc) is 2.73. The molecule has 0 saturated carbocycles. The predicted molar refractivity (Wildman–Crippen MR) is 70.8 cm³/mol. The lowest BCUT2D eigenvalue weighted by Gasteiger charge is -2.02. The second-order valence-electron chi connectivity index (χ2n) is 4.11. The summed E-state index contributed by atoms with van der Waals surface area (Å²) < 4.78 is 1.94. The van der Waals surface area contributed by atoms with E-state index in [-0.39, 0.29) is 5.56 Å². The predicted octanol–water partition coefficient (Wildman–Crippen LogP) is 2.78. The molecule has 0 unspecified atom stereocenters. The molecular weight excluding hydrogens is 228 g/mol. The van der Waals surface area contributed by atoms with Gasteiger partial charge in [0, 0.05) is 13.2 Å². The average molecular weight is 242 g/mol. The van der Waals surface area contributed by atoms with Crippen molar-refractivity contribution in [3.8, 4) is 0 Å². The van der Waals surface area contributed by atoms with E-state index in [1.807, 2.05) is 36.9 Å². The third kappa shape index (κ3) is 2.48. The number of carboxylic acid groups (broad SMARTS) is 1. The van der Waals surface area contributed by atoms with E-state index in [1.54, 1.807) is 24.4 Å². The normalized spacial score (nSPS) is 11.0. The van der Waals surface area contributed by atoms with Gasteiger partial charge in [0.1, 0.15) is 0 Å². The summed E-state index contributed by atoms with van der Waals surface area (Å²) in [5.74, 6) is -0.940. The molecule has 18 heavy (non-hydrogen) atoms. The van der Waals surface area contributed by atoms with Gasteiger partial charge in [0.2, 0.25) is 0 Å². The quantitative estimate of drug-likeness (QED) is 0.841. The summed E-state index contributed by atoms with van der Waals surface area (Å²) in [5.41, 5.74) is 2.84. The molecule has 0 spiro atoms. The summed E-state index contributed by atoms with van der Waals surface area (Å²) in [6.45, 7) is 1.91. The van der Waals surface area contributed by atoms with E-state index in [2.05, 4.69) is 4.99 Å². The Hall–Kier alpha value is -2.36. The number of hydrogen-bond acceptors (Lipinski definition) is 2. The highest BCUT2D eigenvalue weighted by Crippen LogP contribution is 2.20. The molecule has 0 amide bonds. The minimum Gasteiger partial charge on any atom is -0.478 e. The Morgan fingerprint density at radius 2 is 2.17 bits per heavy atom. The number of aliphatic imine (C=N–C) groups is 1. The zero-order valence-corrected chi connectivity index (χ0v) is 10.3. The van der Waals surface area contributed by atoms with Crippen molar-refractivity contribution in [2.75, 3.05) is 0 Å². The maximum Gasteiger partial charge on any atom is 0.335 e. The second kappa shape index (κ2) is 4.87. The van der Waals surface area contributed by atoms with Crippen LogP contribution in [0.15, 0.2) is 41.5 Å². The molecule has 4 heteroatoms. The minimum absolute atomic E-state index is 0.250. The zero-order valence-electron chi connectivity index (χ0n) is 10.3. The van der Waals surface area contributed by atoms with Gasteiger partial charge in [-0.05, 0) is 36.8 Å². The van der Waals surface area contributed by atoms with E-state index < -0.39 is 5.97 Å². The Labute approximate surface area is 105 Å². The topological polar surface area (TPSA) is 54.6 Å². The second-order valence-corrected chi connectivity index (χ2v) is 4.11. The van der Waals surface area contributed by atoms with E-state index in [9.17, 15) is 4.79 Å². The molecule has 0 atom stereocenters. The fraction of sp³-hybridized carbons (Fsp3) is 0.143. The van der Waals surface area contributed by atoms with E-state index in [0.717, 1.165) is 11.3 Å². The smallest absolute Gasteiger partial charge is 0.335 e. The molecule has 0 aliphatic carbocycles. The molecule has 1 N–H and O–H groups in total. The Bertz CT molecular complexity index is 612. The molecule has 0 aliphatic heterocycles. The fourth-order valence-corrected chi connectivity index (χ4v) is 1.63. The first kappa shape index (κ1) is 12.1. The molecule has 2 aromatic rings. The van der Waals surface area contributed by atoms with Gasteiger partial charge in [0.05, 0.1) is 23.2 Å². The summed E-state index contributed by atoms with van der Waals surface area (Å²) in [6.07, 6.45) is 3.66. The van der Waals surface area contributed by atoms with E-state index in [4.69, 9.17) is 5.11 Å². The largest absolute Gasteiger partial charge is 0.478 e. The third-order valence-electron chi connectivity index (χ3n) is 2.78. The van der Waals surface area contributed by atoms with Crippen LogP contribution in [0.3, 0.4) is 0 Å². The summed E-state index contributed by atoms with van der Waals surface area (Å²) in [7, 11) is 1.93. The highest BCUT2D eigenvalue weighted by molar-refractivity contribution is 5.89. The molecule has 2 rings (SSSR count). The lowest BCUT2D eigenvalue weighted by molar-refractivity contribution is 0.0697. The highest BCUT2D eigenvalue weighted by atomic mass is 16.4. The van der Waals surface area contributed by atoms with E-state index in [0.29, 0.717) is 5.69 Å². The SMILES string of the molecule is Cc1ccc(C(=O)O)cc1N=Cc1cccn1C. The Morgan fingerprint density at radius 3 is 2.78 bits per heavy atom. The Balaban J connectivity index is 2.34. The highest BCUT2D eigenvalue weighted by Gasteiger charge is 2.05. The number of rotatable bonds is 3. The first-order valence-electron chi connectivity index (χ1n) is 5.57. The van der Waals surface area contributed by atoms with Crippen LogP contribution in [0.25, 0.3) is 0 Å². The molecule has 0 saturated heterocycles. The van der Waals surface area contributed by atoms with Crippen molar-refractivity contribution in [3.05, 3.63) is 53.3 Å². The number of aryl methyl sites for hydroxylation is 2. The lowest BCUT2D eigenvalue weighted by Crippen LogP contribution is -1.96. The van der Waals surface area contributed by atoms with Crippen LogP contribution >= 0.6 is 0 Å².